The maximum Gasteiger partial charge on any atom is 0.417 e. The summed E-state index contributed by atoms with van der Waals surface area (Å²) < 4.78 is 46.8. The number of methoxy groups -OCH3 is 2. The number of carbonyl (C=O) groups is 2. The van der Waals surface area contributed by atoms with E-state index in [4.69, 9.17) is 0 Å². The highest BCUT2D eigenvalue weighted by molar-refractivity contribution is 6.04. The molecule has 0 aliphatic heterocycles. The Balaban J connectivity index is 3.55. The summed E-state index contributed by atoms with van der Waals surface area (Å²) in [5.41, 5.74) is -2.57. The lowest BCUT2D eigenvalue weighted by Crippen LogP contribution is -2.19. The molecule has 0 amide bonds. The van der Waals surface area contributed by atoms with E-state index in [2.05, 4.69) is 9.47 Å². The summed E-state index contributed by atoms with van der Waals surface area (Å²) in [4.78, 5) is 22.7. The molecule has 0 aliphatic carbocycles. The summed E-state index contributed by atoms with van der Waals surface area (Å²) in [5.74, 6) is -2.29. The third-order valence-corrected chi connectivity index (χ3v) is 2.16. The maximum atomic E-state index is 12.7. The minimum Gasteiger partial charge on any atom is -0.465 e. The molecule has 0 aliphatic rings. The Labute approximate surface area is 100 Å². The molecule has 0 heterocycles. The van der Waals surface area contributed by atoms with Gasteiger partial charge in [-0.05, 0) is 12.1 Å². The van der Waals surface area contributed by atoms with Gasteiger partial charge in [-0.25, -0.2) is 9.59 Å². The zero-order valence-electron chi connectivity index (χ0n) is 9.50. The lowest BCUT2D eigenvalue weighted by molar-refractivity contribution is -0.138. The van der Waals surface area contributed by atoms with Crippen LogP contribution in [0.2, 0.25) is 0 Å². The van der Waals surface area contributed by atoms with E-state index in [0.29, 0.717) is 6.07 Å². The van der Waals surface area contributed by atoms with Crippen LogP contribution in [-0.2, 0) is 15.7 Å². The van der Waals surface area contributed by atoms with Gasteiger partial charge in [-0.15, -0.1) is 0 Å². The minimum absolute atomic E-state index is 0.487. The van der Waals surface area contributed by atoms with E-state index in [1.54, 1.807) is 0 Å². The van der Waals surface area contributed by atoms with Gasteiger partial charge in [0.2, 0.25) is 0 Å². The van der Waals surface area contributed by atoms with E-state index >= 15 is 0 Å². The molecule has 1 aromatic rings. The number of rotatable bonds is 2. The summed E-state index contributed by atoms with van der Waals surface area (Å²) in [6.07, 6.45) is -4.77. The topological polar surface area (TPSA) is 52.6 Å². The number of hydrogen-bond acceptors (Lipinski definition) is 4. The fourth-order valence-corrected chi connectivity index (χ4v) is 1.39. The molecular weight excluding hydrogens is 253 g/mol. The molecule has 0 saturated heterocycles. The molecule has 0 radical (unpaired) electrons. The molecule has 0 spiro atoms. The lowest BCUT2D eigenvalue weighted by Gasteiger charge is -2.13. The van der Waals surface area contributed by atoms with Crippen molar-refractivity contribution in [3.05, 3.63) is 34.9 Å². The lowest BCUT2D eigenvalue weighted by atomic mass is 10.0. The van der Waals surface area contributed by atoms with Crippen molar-refractivity contribution < 1.29 is 32.2 Å². The third kappa shape index (κ3) is 2.61. The summed E-state index contributed by atoms with van der Waals surface area (Å²) >= 11 is 0. The van der Waals surface area contributed by atoms with Crippen LogP contribution in [0.4, 0.5) is 13.2 Å². The number of carbonyl (C=O) groups excluding carboxylic acids is 2. The van der Waals surface area contributed by atoms with Crippen molar-refractivity contribution in [2.75, 3.05) is 14.2 Å². The average Bonchev–Trinajstić information content (AvgIpc) is 2.34. The number of esters is 2. The molecule has 0 bridgehead atoms. The molecule has 0 fully saturated rings. The molecule has 4 nitrogen and oxygen atoms in total. The molecule has 0 aromatic heterocycles. The molecule has 0 saturated carbocycles. The number of alkyl halides is 3. The Hall–Kier alpha value is -2.05. The van der Waals surface area contributed by atoms with Gasteiger partial charge < -0.3 is 9.47 Å². The molecule has 18 heavy (non-hydrogen) atoms. The molecule has 0 atom stereocenters. The third-order valence-electron chi connectivity index (χ3n) is 2.16. The van der Waals surface area contributed by atoms with Gasteiger partial charge in [0.25, 0.3) is 0 Å². The van der Waals surface area contributed by atoms with Crippen LogP contribution >= 0.6 is 0 Å². The van der Waals surface area contributed by atoms with E-state index < -0.39 is 34.8 Å². The standard InChI is InChI=1S/C11H9F3O4/c1-17-9(15)6-4-3-5-7(11(12,13)14)8(6)10(16)18-2/h3-5H,1-2H3. The van der Waals surface area contributed by atoms with Crippen molar-refractivity contribution in [2.24, 2.45) is 0 Å². The summed E-state index contributed by atoms with van der Waals surface area (Å²) in [6.45, 7) is 0. The SMILES string of the molecule is COC(=O)c1cccc(C(F)(F)F)c1C(=O)OC. The second kappa shape index (κ2) is 5.07. The molecular formula is C11H9F3O4. The first-order valence-corrected chi connectivity index (χ1v) is 4.69. The molecule has 7 heteroatoms. The van der Waals surface area contributed by atoms with Gasteiger partial charge >= 0.3 is 18.1 Å². The minimum atomic E-state index is -4.77. The smallest absolute Gasteiger partial charge is 0.417 e. The van der Waals surface area contributed by atoms with Gasteiger partial charge in [0.05, 0.1) is 30.9 Å². The molecule has 1 rings (SSSR count). The van der Waals surface area contributed by atoms with E-state index in [-0.39, 0.29) is 0 Å². The van der Waals surface area contributed by atoms with E-state index in [0.717, 1.165) is 26.4 Å². The van der Waals surface area contributed by atoms with E-state index in [1.165, 1.54) is 0 Å². The van der Waals surface area contributed by atoms with Gasteiger partial charge in [-0.2, -0.15) is 13.2 Å². The highest BCUT2D eigenvalue weighted by atomic mass is 19.4. The van der Waals surface area contributed by atoms with Crippen LogP contribution in [0.3, 0.4) is 0 Å². The fourth-order valence-electron chi connectivity index (χ4n) is 1.39. The molecule has 0 N–H and O–H groups in total. The van der Waals surface area contributed by atoms with Gasteiger partial charge in [0.1, 0.15) is 0 Å². The highest BCUT2D eigenvalue weighted by Crippen LogP contribution is 2.33. The van der Waals surface area contributed by atoms with E-state index in [1.807, 2.05) is 0 Å². The fraction of sp³-hybridized carbons (Fsp3) is 0.273. The van der Waals surface area contributed by atoms with Crippen LogP contribution in [0.15, 0.2) is 18.2 Å². The van der Waals surface area contributed by atoms with Crippen LogP contribution in [0.1, 0.15) is 26.3 Å². The van der Waals surface area contributed by atoms with Crippen LogP contribution < -0.4 is 0 Å². The highest BCUT2D eigenvalue weighted by Gasteiger charge is 2.38. The quantitative estimate of drug-likeness (QED) is 0.767. The zero-order valence-corrected chi connectivity index (χ0v) is 9.50. The normalized spacial score (nSPS) is 10.9. The van der Waals surface area contributed by atoms with Gasteiger partial charge in [-0.3, -0.25) is 0 Å². The second-order valence-electron chi connectivity index (χ2n) is 3.21. The Bertz CT molecular complexity index is 480. The first-order chi connectivity index (χ1) is 8.32. The van der Waals surface area contributed by atoms with Crippen LogP contribution in [0, 0.1) is 0 Å². The number of hydrogen-bond donors (Lipinski definition) is 0. The number of halogens is 3. The van der Waals surface area contributed by atoms with Crippen LogP contribution in [0.5, 0.6) is 0 Å². The Morgan fingerprint density at radius 3 is 2.06 bits per heavy atom. The number of benzene rings is 1. The molecule has 1 aromatic carbocycles. The van der Waals surface area contributed by atoms with Gasteiger partial charge in [0.15, 0.2) is 0 Å². The van der Waals surface area contributed by atoms with Gasteiger partial charge in [-0.1, -0.05) is 6.07 Å². The monoisotopic (exact) mass is 262 g/mol. The Morgan fingerprint density at radius 2 is 1.61 bits per heavy atom. The molecule has 98 valence electrons. The van der Waals surface area contributed by atoms with Crippen molar-refractivity contribution in [1.82, 2.24) is 0 Å². The first kappa shape index (κ1) is 14.0. The van der Waals surface area contributed by atoms with Crippen molar-refractivity contribution in [3.8, 4) is 0 Å². The Kier molecular flexibility index (Phi) is 3.95. The predicted molar refractivity (Wildman–Crippen MR) is 54.1 cm³/mol. The number of ether oxygens (including phenoxy) is 2. The summed E-state index contributed by atoms with van der Waals surface area (Å²) in [7, 11) is 1.93. The van der Waals surface area contributed by atoms with Crippen LogP contribution in [0.25, 0.3) is 0 Å². The van der Waals surface area contributed by atoms with Crippen molar-refractivity contribution in [2.45, 2.75) is 6.18 Å². The average molecular weight is 262 g/mol. The summed E-state index contributed by atoms with van der Waals surface area (Å²) in [6, 6.07) is 2.77. The van der Waals surface area contributed by atoms with Crippen molar-refractivity contribution in [1.29, 1.82) is 0 Å². The summed E-state index contributed by atoms with van der Waals surface area (Å²) in [5, 5.41) is 0. The van der Waals surface area contributed by atoms with Crippen LogP contribution in [-0.4, -0.2) is 26.2 Å². The Morgan fingerprint density at radius 1 is 1.06 bits per heavy atom. The molecule has 0 unspecified atom stereocenters. The van der Waals surface area contributed by atoms with E-state index in [9.17, 15) is 22.8 Å². The predicted octanol–water partition coefficient (Wildman–Crippen LogP) is 2.28. The second-order valence-corrected chi connectivity index (χ2v) is 3.21. The maximum absolute atomic E-state index is 12.7. The zero-order chi connectivity index (χ0) is 13.9. The van der Waals surface area contributed by atoms with Gasteiger partial charge in [0, 0.05) is 0 Å². The first-order valence-electron chi connectivity index (χ1n) is 4.69. The van der Waals surface area contributed by atoms with Crippen molar-refractivity contribution in [3.63, 3.8) is 0 Å². The largest absolute Gasteiger partial charge is 0.465 e. The van der Waals surface area contributed by atoms with Crippen molar-refractivity contribution >= 4 is 11.9 Å².